The van der Waals surface area contributed by atoms with E-state index in [9.17, 15) is 4.79 Å². The highest BCUT2D eigenvalue weighted by molar-refractivity contribution is 5.95. The smallest absolute Gasteiger partial charge is 0.245 e. The van der Waals surface area contributed by atoms with Gasteiger partial charge in [-0.25, -0.2) is 0 Å². The van der Waals surface area contributed by atoms with Gasteiger partial charge >= 0.3 is 0 Å². The fourth-order valence-electron chi connectivity index (χ4n) is 1.50. The highest BCUT2D eigenvalue weighted by atomic mass is 16.2. The molecule has 0 bridgehead atoms. The van der Waals surface area contributed by atoms with Crippen molar-refractivity contribution in [3.63, 3.8) is 0 Å². The Hall–Kier alpha value is -2.13. The lowest BCUT2D eigenvalue weighted by molar-refractivity contribution is -0.117. The lowest BCUT2D eigenvalue weighted by Crippen LogP contribution is -2.27. The zero-order chi connectivity index (χ0) is 12.1. The second-order valence-corrected chi connectivity index (χ2v) is 3.67. The molecule has 0 saturated heterocycles. The first-order valence-corrected chi connectivity index (χ1v) is 5.35. The van der Waals surface area contributed by atoms with Crippen LogP contribution in [0.5, 0.6) is 0 Å². The van der Waals surface area contributed by atoms with E-state index in [1.165, 1.54) is 0 Å². The van der Waals surface area contributed by atoms with Crippen LogP contribution in [0.15, 0.2) is 54.6 Å². The van der Waals surface area contributed by atoms with Gasteiger partial charge in [0, 0.05) is 5.69 Å². The van der Waals surface area contributed by atoms with Gasteiger partial charge in [0.2, 0.25) is 5.91 Å². The molecule has 0 aliphatic rings. The summed E-state index contributed by atoms with van der Waals surface area (Å²) in [4.78, 5) is 11.9. The summed E-state index contributed by atoms with van der Waals surface area (Å²) in [6.07, 6.45) is 0. The highest BCUT2D eigenvalue weighted by Gasteiger charge is 2.14. The maximum Gasteiger partial charge on any atom is 0.245 e. The van der Waals surface area contributed by atoms with Gasteiger partial charge in [-0.05, 0) is 23.8 Å². The molecule has 2 rings (SSSR count). The van der Waals surface area contributed by atoms with Crippen LogP contribution in [-0.4, -0.2) is 5.91 Å². The Bertz CT molecular complexity index is 482. The van der Waals surface area contributed by atoms with Crippen LogP contribution in [0.25, 0.3) is 0 Å². The molecule has 3 heteroatoms. The van der Waals surface area contributed by atoms with E-state index in [4.69, 9.17) is 5.73 Å². The van der Waals surface area contributed by atoms with Gasteiger partial charge < -0.3 is 11.1 Å². The number of nitrogens with one attached hydrogen (secondary N) is 1. The lowest BCUT2D eigenvalue weighted by atomic mass is 10.1. The monoisotopic (exact) mass is 225 g/mol. The largest absolute Gasteiger partial charge is 0.324 e. The Morgan fingerprint density at radius 3 is 2.41 bits per heavy atom. The molecular weight excluding hydrogens is 212 g/mol. The van der Waals surface area contributed by atoms with Crippen molar-refractivity contribution >= 4 is 11.6 Å². The van der Waals surface area contributed by atoms with Crippen molar-refractivity contribution in [3.05, 3.63) is 66.2 Å². The van der Waals surface area contributed by atoms with Gasteiger partial charge in [-0.1, -0.05) is 42.5 Å². The van der Waals surface area contributed by atoms with Gasteiger partial charge in [0.25, 0.3) is 0 Å². The molecule has 1 amide bonds. The van der Waals surface area contributed by atoms with E-state index in [1.807, 2.05) is 30.3 Å². The number of hydrogen-bond donors (Lipinski definition) is 2. The molecule has 0 heterocycles. The number of carbonyl (C=O) groups excluding carboxylic acids is 1. The van der Waals surface area contributed by atoms with Crippen LogP contribution < -0.4 is 11.1 Å². The molecule has 1 atom stereocenters. The number of rotatable bonds is 3. The summed E-state index contributed by atoms with van der Waals surface area (Å²) in [5, 5.41) is 2.77. The first-order valence-electron chi connectivity index (χ1n) is 5.35. The average molecular weight is 225 g/mol. The van der Waals surface area contributed by atoms with E-state index in [2.05, 4.69) is 11.4 Å². The van der Waals surface area contributed by atoms with Crippen LogP contribution >= 0.6 is 0 Å². The van der Waals surface area contributed by atoms with Gasteiger partial charge in [0.1, 0.15) is 6.04 Å². The Morgan fingerprint density at radius 2 is 1.76 bits per heavy atom. The van der Waals surface area contributed by atoms with Crippen molar-refractivity contribution in [2.24, 2.45) is 5.73 Å². The number of benzene rings is 2. The summed E-state index contributed by atoms with van der Waals surface area (Å²) >= 11 is 0. The molecule has 1 unspecified atom stereocenters. The van der Waals surface area contributed by atoms with Crippen molar-refractivity contribution in [1.29, 1.82) is 0 Å². The molecule has 2 aromatic carbocycles. The molecule has 0 fully saturated rings. The van der Waals surface area contributed by atoms with Crippen molar-refractivity contribution in [1.82, 2.24) is 0 Å². The quantitative estimate of drug-likeness (QED) is 0.840. The van der Waals surface area contributed by atoms with E-state index >= 15 is 0 Å². The van der Waals surface area contributed by atoms with Gasteiger partial charge in [-0.2, -0.15) is 0 Å². The Kier molecular flexibility index (Phi) is 3.52. The number of carbonyl (C=O) groups is 1. The topological polar surface area (TPSA) is 55.1 Å². The molecule has 1 radical (unpaired) electrons. The summed E-state index contributed by atoms with van der Waals surface area (Å²) in [6.45, 7) is 0. The van der Waals surface area contributed by atoms with Crippen LogP contribution in [0.1, 0.15) is 11.6 Å². The van der Waals surface area contributed by atoms with Crippen LogP contribution in [0.4, 0.5) is 5.69 Å². The fourth-order valence-corrected chi connectivity index (χ4v) is 1.50. The third-order valence-electron chi connectivity index (χ3n) is 2.43. The zero-order valence-electron chi connectivity index (χ0n) is 9.26. The maximum atomic E-state index is 11.9. The number of para-hydroxylation sites is 1. The molecule has 2 aromatic rings. The molecule has 85 valence electrons. The third kappa shape index (κ3) is 2.92. The normalized spacial score (nSPS) is 11.8. The second kappa shape index (κ2) is 5.27. The summed E-state index contributed by atoms with van der Waals surface area (Å²) in [6, 6.07) is 18.5. The predicted molar refractivity (Wildman–Crippen MR) is 67.3 cm³/mol. The first kappa shape index (κ1) is 11.4. The first-order chi connectivity index (χ1) is 8.27. The molecule has 3 nitrogen and oxygen atoms in total. The fraction of sp³-hybridized carbons (Fsp3) is 0.0714. The molecule has 0 aliphatic carbocycles. The third-order valence-corrected chi connectivity index (χ3v) is 2.43. The number of anilines is 1. The molecule has 0 spiro atoms. The Labute approximate surface area is 100 Å². The van der Waals surface area contributed by atoms with Crippen LogP contribution in [0.3, 0.4) is 0 Å². The van der Waals surface area contributed by atoms with Crippen molar-refractivity contribution in [2.75, 3.05) is 5.32 Å². The van der Waals surface area contributed by atoms with Crippen LogP contribution in [0, 0.1) is 6.07 Å². The van der Waals surface area contributed by atoms with E-state index in [1.54, 1.807) is 24.3 Å². The molecular formula is C14H13N2O. The average Bonchev–Trinajstić information content (AvgIpc) is 2.40. The van der Waals surface area contributed by atoms with E-state index in [-0.39, 0.29) is 5.91 Å². The van der Waals surface area contributed by atoms with Crippen molar-refractivity contribution in [3.8, 4) is 0 Å². The standard InChI is InChI=1S/C14H13N2O/c15-13(11-7-3-1-4-8-11)14(17)16-12-9-5-2-6-10-12/h2-10,13H,15H2,(H,16,17). The van der Waals surface area contributed by atoms with Crippen LogP contribution in [0.2, 0.25) is 0 Å². The minimum atomic E-state index is -0.662. The SMILES string of the molecule is NC(C(=O)Nc1ccccc1)c1cc[c]cc1. The van der Waals surface area contributed by atoms with Gasteiger partial charge in [0.15, 0.2) is 0 Å². The molecule has 0 aromatic heterocycles. The Balaban J connectivity index is 2.06. The maximum absolute atomic E-state index is 11.9. The highest BCUT2D eigenvalue weighted by Crippen LogP contribution is 2.13. The molecule has 17 heavy (non-hydrogen) atoms. The van der Waals surface area contributed by atoms with Crippen molar-refractivity contribution in [2.45, 2.75) is 6.04 Å². The van der Waals surface area contributed by atoms with Gasteiger partial charge in [-0.15, -0.1) is 0 Å². The number of amides is 1. The zero-order valence-corrected chi connectivity index (χ0v) is 9.26. The van der Waals surface area contributed by atoms with Crippen molar-refractivity contribution < 1.29 is 4.79 Å². The van der Waals surface area contributed by atoms with E-state index in [0.29, 0.717) is 0 Å². The Morgan fingerprint density at radius 1 is 1.12 bits per heavy atom. The number of nitrogens with two attached hydrogens (primary N) is 1. The lowest BCUT2D eigenvalue weighted by Gasteiger charge is -2.12. The number of hydrogen-bond acceptors (Lipinski definition) is 2. The second-order valence-electron chi connectivity index (χ2n) is 3.67. The minimum Gasteiger partial charge on any atom is -0.324 e. The van der Waals surface area contributed by atoms with Gasteiger partial charge in [0.05, 0.1) is 0 Å². The molecule has 3 N–H and O–H groups in total. The predicted octanol–water partition coefficient (Wildman–Crippen LogP) is 2.13. The van der Waals surface area contributed by atoms with Crippen LogP contribution in [-0.2, 0) is 4.79 Å². The summed E-state index contributed by atoms with van der Waals surface area (Å²) in [5.74, 6) is -0.220. The van der Waals surface area contributed by atoms with E-state index < -0.39 is 6.04 Å². The van der Waals surface area contributed by atoms with Gasteiger partial charge in [-0.3, -0.25) is 4.79 Å². The summed E-state index contributed by atoms with van der Waals surface area (Å²) in [7, 11) is 0. The summed E-state index contributed by atoms with van der Waals surface area (Å²) in [5.41, 5.74) is 7.38. The summed E-state index contributed by atoms with van der Waals surface area (Å²) < 4.78 is 0. The van der Waals surface area contributed by atoms with E-state index in [0.717, 1.165) is 11.3 Å². The molecule has 0 aliphatic heterocycles. The minimum absolute atomic E-state index is 0.220. The molecule has 0 saturated carbocycles.